The van der Waals surface area contributed by atoms with Crippen LogP contribution in [0.25, 0.3) is 0 Å². The Morgan fingerprint density at radius 2 is 1.59 bits per heavy atom. The van der Waals surface area contributed by atoms with Crippen LogP contribution in [0.2, 0.25) is 0 Å². The van der Waals surface area contributed by atoms with Gasteiger partial charge in [0.2, 0.25) is 10.0 Å². The van der Waals surface area contributed by atoms with Crippen molar-refractivity contribution >= 4 is 28.1 Å². The Balaban J connectivity index is 1.54. The SMILES string of the molecule is O=C(N/N=C/c1ccccc1O)C(=O)N1CCN(S(=O)(=O)c2ccccc2)CC1. The molecular weight excluding hydrogens is 396 g/mol. The first-order valence-electron chi connectivity index (χ1n) is 8.85. The van der Waals surface area contributed by atoms with E-state index in [9.17, 15) is 23.1 Å². The Hall–Kier alpha value is -3.24. The predicted molar refractivity (Wildman–Crippen MR) is 106 cm³/mol. The molecule has 152 valence electrons. The third-order valence-electron chi connectivity index (χ3n) is 4.41. The van der Waals surface area contributed by atoms with Gasteiger partial charge in [0.15, 0.2) is 0 Å². The van der Waals surface area contributed by atoms with Crippen molar-refractivity contribution in [1.29, 1.82) is 0 Å². The minimum absolute atomic E-state index is 0.00688. The normalized spacial score (nSPS) is 15.4. The van der Waals surface area contributed by atoms with Gasteiger partial charge in [-0.15, -0.1) is 0 Å². The van der Waals surface area contributed by atoms with Gasteiger partial charge in [-0.3, -0.25) is 9.59 Å². The maximum atomic E-state index is 12.6. The highest BCUT2D eigenvalue weighted by Crippen LogP contribution is 2.17. The summed E-state index contributed by atoms with van der Waals surface area (Å²) in [5, 5.41) is 13.3. The van der Waals surface area contributed by atoms with E-state index < -0.39 is 21.8 Å². The molecule has 2 aromatic rings. The van der Waals surface area contributed by atoms with Crippen LogP contribution < -0.4 is 5.43 Å². The zero-order chi connectivity index (χ0) is 20.9. The molecule has 1 aliphatic rings. The van der Waals surface area contributed by atoms with Gasteiger partial charge in [-0.05, 0) is 24.3 Å². The summed E-state index contributed by atoms with van der Waals surface area (Å²) in [6, 6.07) is 14.5. The Morgan fingerprint density at radius 3 is 2.24 bits per heavy atom. The number of hydrogen-bond donors (Lipinski definition) is 2. The Bertz CT molecular complexity index is 1020. The quantitative estimate of drug-likeness (QED) is 0.424. The molecule has 0 saturated carbocycles. The highest BCUT2D eigenvalue weighted by molar-refractivity contribution is 7.89. The highest BCUT2D eigenvalue weighted by Gasteiger charge is 2.31. The summed E-state index contributed by atoms with van der Waals surface area (Å²) in [7, 11) is -3.63. The molecule has 0 atom stereocenters. The van der Waals surface area contributed by atoms with Gasteiger partial charge in [0, 0.05) is 31.7 Å². The third-order valence-corrected chi connectivity index (χ3v) is 6.32. The molecule has 0 aromatic heterocycles. The second-order valence-corrected chi connectivity index (χ2v) is 8.21. The summed E-state index contributed by atoms with van der Waals surface area (Å²) in [5.41, 5.74) is 2.51. The number of piperazine rings is 1. The lowest BCUT2D eigenvalue weighted by molar-refractivity contribution is -0.146. The number of nitrogens with zero attached hydrogens (tertiary/aromatic N) is 3. The molecule has 29 heavy (non-hydrogen) atoms. The zero-order valence-electron chi connectivity index (χ0n) is 15.4. The molecule has 2 N–H and O–H groups in total. The molecular formula is C19H20N4O5S. The summed E-state index contributed by atoms with van der Waals surface area (Å²) in [4.78, 5) is 25.7. The number of nitrogens with one attached hydrogen (secondary N) is 1. The Kier molecular flexibility index (Phi) is 6.25. The fraction of sp³-hybridized carbons (Fsp3) is 0.211. The van der Waals surface area contributed by atoms with Gasteiger partial charge in [-0.2, -0.15) is 9.41 Å². The fourth-order valence-corrected chi connectivity index (χ4v) is 4.26. The smallest absolute Gasteiger partial charge is 0.329 e. The highest BCUT2D eigenvalue weighted by atomic mass is 32.2. The first-order chi connectivity index (χ1) is 13.9. The first-order valence-corrected chi connectivity index (χ1v) is 10.3. The number of rotatable bonds is 4. The third kappa shape index (κ3) is 4.79. The summed E-state index contributed by atoms with van der Waals surface area (Å²) >= 11 is 0. The average Bonchev–Trinajstić information content (AvgIpc) is 2.75. The fourth-order valence-electron chi connectivity index (χ4n) is 2.82. The Labute approximate surface area is 168 Å². The van der Waals surface area contributed by atoms with Crippen LogP contribution in [-0.4, -0.2) is 66.9 Å². The maximum absolute atomic E-state index is 12.6. The van der Waals surface area contributed by atoms with E-state index in [1.165, 1.54) is 33.6 Å². The van der Waals surface area contributed by atoms with Gasteiger partial charge in [-0.1, -0.05) is 30.3 Å². The van der Waals surface area contributed by atoms with E-state index >= 15 is 0 Å². The Morgan fingerprint density at radius 1 is 0.966 bits per heavy atom. The molecule has 1 aliphatic heterocycles. The predicted octanol–water partition coefficient (Wildman–Crippen LogP) is 0.375. The van der Waals surface area contributed by atoms with Gasteiger partial charge in [0.05, 0.1) is 11.1 Å². The summed E-state index contributed by atoms with van der Waals surface area (Å²) in [5.74, 6) is -1.74. The number of hydrazone groups is 1. The molecule has 0 unspecified atom stereocenters. The molecule has 0 radical (unpaired) electrons. The van der Waals surface area contributed by atoms with E-state index in [-0.39, 0.29) is 36.8 Å². The maximum Gasteiger partial charge on any atom is 0.329 e. The van der Waals surface area contributed by atoms with Crippen molar-refractivity contribution in [3.63, 3.8) is 0 Å². The summed E-state index contributed by atoms with van der Waals surface area (Å²) in [6.07, 6.45) is 1.23. The number of benzene rings is 2. The molecule has 0 bridgehead atoms. The minimum atomic E-state index is -3.63. The number of sulfonamides is 1. The van der Waals surface area contributed by atoms with Crippen LogP contribution >= 0.6 is 0 Å². The van der Waals surface area contributed by atoms with Crippen molar-refractivity contribution in [1.82, 2.24) is 14.6 Å². The number of carbonyl (C=O) groups excluding carboxylic acids is 2. The van der Waals surface area contributed by atoms with Crippen molar-refractivity contribution in [2.24, 2.45) is 5.10 Å². The summed E-state index contributed by atoms with van der Waals surface area (Å²) < 4.78 is 26.5. The van der Waals surface area contributed by atoms with Crippen molar-refractivity contribution in [3.05, 3.63) is 60.2 Å². The minimum Gasteiger partial charge on any atom is -0.507 e. The standard InChI is InChI=1S/C19H20N4O5S/c24-17-9-5-4-6-15(17)14-20-21-18(25)19(26)22-10-12-23(13-11-22)29(27,28)16-7-2-1-3-8-16/h1-9,14,24H,10-13H2,(H,21,25)/b20-14+. The van der Waals surface area contributed by atoms with Crippen LogP contribution in [0.3, 0.4) is 0 Å². The molecule has 0 aliphatic carbocycles. The lowest BCUT2D eigenvalue weighted by Gasteiger charge is -2.33. The van der Waals surface area contributed by atoms with Gasteiger partial charge >= 0.3 is 11.8 Å². The number of phenolic OH excluding ortho intramolecular Hbond substituents is 1. The zero-order valence-corrected chi connectivity index (χ0v) is 16.2. The van der Waals surface area contributed by atoms with E-state index in [4.69, 9.17) is 0 Å². The largest absolute Gasteiger partial charge is 0.507 e. The summed E-state index contributed by atoms with van der Waals surface area (Å²) in [6.45, 7) is 0.387. The second-order valence-electron chi connectivity index (χ2n) is 6.27. The molecule has 1 heterocycles. The monoisotopic (exact) mass is 416 g/mol. The van der Waals surface area contributed by atoms with E-state index in [2.05, 4.69) is 10.5 Å². The molecule has 3 rings (SSSR count). The number of aromatic hydroxyl groups is 1. The molecule has 1 fully saturated rings. The topological polar surface area (TPSA) is 119 Å². The number of amides is 2. The van der Waals surface area contributed by atoms with Crippen LogP contribution in [0.4, 0.5) is 0 Å². The molecule has 2 aromatic carbocycles. The van der Waals surface area contributed by atoms with Crippen molar-refractivity contribution in [2.75, 3.05) is 26.2 Å². The molecule has 0 spiro atoms. The van der Waals surface area contributed by atoms with Gasteiger partial charge in [0.1, 0.15) is 5.75 Å². The number of hydrogen-bond acceptors (Lipinski definition) is 6. The first kappa shape index (κ1) is 20.5. The number of carbonyl (C=O) groups is 2. The van der Waals surface area contributed by atoms with Gasteiger partial charge < -0.3 is 10.0 Å². The number of para-hydroxylation sites is 1. The van der Waals surface area contributed by atoms with Crippen LogP contribution in [0.1, 0.15) is 5.56 Å². The van der Waals surface area contributed by atoms with E-state index in [1.54, 1.807) is 36.4 Å². The van der Waals surface area contributed by atoms with E-state index in [1.807, 2.05) is 0 Å². The van der Waals surface area contributed by atoms with Crippen LogP contribution in [0.5, 0.6) is 5.75 Å². The van der Waals surface area contributed by atoms with Crippen LogP contribution in [-0.2, 0) is 19.6 Å². The molecule has 2 amide bonds. The number of phenols is 1. The lowest BCUT2D eigenvalue weighted by atomic mass is 10.2. The van der Waals surface area contributed by atoms with Crippen molar-refractivity contribution < 1.29 is 23.1 Å². The van der Waals surface area contributed by atoms with E-state index in [0.29, 0.717) is 5.56 Å². The van der Waals surface area contributed by atoms with Crippen LogP contribution in [0.15, 0.2) is 64.6 Å². The lowest BCUT2D eigenvalue weighted by Crippen LogP contribution is -2.53. The second kappa shape index (κ2) is 8.84. The van der Waals surface area contributed by atoms with Gasteiger partial charge in [0.25, 0.3) is 0 Å². The van der Waals surface area contributed by atoms with Crippen molar-refractivity contribution in [3.8, 4) is 5.75 Å². The van der Waals surface area contributed by atoms with Crippen LogP contribution in [0, 0.1) is 0 Å². The molecule has 1 saturated heterocycles. The van der Waals surface area contributed by atoms with Gasteiger partial charge in [-0.25, -0.2) is 13.8 Å². The molecule has 9 nitrogen and oxygen atoms in total. The van der Waals surface area contributed by atoms with Crippen molar-refractivity contribution in [2.45, 2.75) is 4.90 Å². The average molecular weight is 416 g/mol. The molecule has 10 heteroatoms. The van der Waals surface area contributed by atoms with E-state index in [0.717, 1.165) is 0 Å².